The summed E-state index contributed by atoms with van der Waals surface area (Å²) >= 11 is 2.86. The second kappa shape index (κ2) is 8.30. The molecule has 1 amide bonds. The van der Waals surface area contributed by atoms with E-state index in [1.54, 1.807) is 13.0 Å². The molecular formula is C19H18N2O3S2. The molecule has 0 atom stereocenters. The van der Waals surface area contributed by atoms with E-state index in [1.807, 2.05) is 23.6 Å². The Balaban J connectivity index is 1.91. The van der Waals surface area contributed by atoms with Gasteiger partial charge in [-0.05, 0) is 55.7 Å². The summed E-state index contributed by atoms with van der Waals surface area (Å²) in [6.45, 7) is 2.03. The van der Waals surface area contributed by atoms with Crippen molar-refractivity contribution in [3.05, 3.63) is 44.0 Å². The number of nitrogens with one attached hydrogen (secondary N) is 1. The Labute approximate surface area is 159 Å². The summed E-state index contributed by atoms with van der Waals surface area (Å²) in [6.07, 6.45) is 5.36. The van der Waals surface area contributed by atoms with Crippen molar-refractivity contribution in [1.29, 1.82) is 5.26 Å². The van der Waals surface area contributed by atoms with Crippen molar-refractivity contribution < 1.29 is 14.3 Å². The zero-order valence-corrected chi connectivity index (χ0v) is 16.0. The van der Waals surface area contributed by atoms with Crippen LogP contribution in [0.1, 0.15) is 45.4 Å². The molecule has 26 heavy (non-hydrogen) atoms. The number of aryl methyl sites for hydroxylation is 1. The van der Waals surface area contributed by atoms with Gasteiger partial charge in [0.25, 0.3) is 5.91 Å². The summed E-state index contributed by atoms with van der Waals surface area (Å²) in [6, 6.07) is 5.63. The van der Waals surface area contributed by atoms with E-state index in [0.29, 0.717) is 10.6 Å². The van der Waals surface area contributed by atoms with Gasteiger partial charge in [0.15, 0.2) is 0 Å². The van der Waals surface area contributed by atoms with Crippen molar-refractivity contribution in [3.8, 4) is 6.07 Å². The Morgan fingerprint density at radius 1 is 1.38 bits per heavy atom. The minimum absolute atomic E-state index is 0.00799. The maximum atomic E-state index is 12.6. The summed E-state index contributed by atoms with van der Waals surface area (Å²) < 4.78 is 5.19. The van der Waals surface area contributed by atoms with E-state index >= 15 is 0 Å². The number of rotatable bonds is 5. The molecule has 0 aromatic carbocycles. The topological polar surface area (TPSA) is 79.2 Å². The highest BCUT2D eigenvalue weighted by Gasteiger charge is 2.27. The number of ether oxygens (including phenoxy) is 1. The lowest BCUT2D eigenvalue weighted by atomic mass is 9.95. The molecule has 1 N–H and O–H groups in total. The molecule has 0 saturated heterocycles. The molecule has 0 bridgehead atoms. The first kappa shape index (κ1) is 18.4. The highest BCUT2D eigenvalue weighted by Crippen LogP contribution is 2.38. The molecular weight excluding hydrogens is 368 g/mol. The molecule has 2 heterocycles. The number of carbonyl (C=O) groups excluding carboxylic acids is 2. The van der Waals surface area contributed by atoms with Crippen LogP contribution in [0, 0.1) is 11.3 Å². The lowest BCUT2D eigenvalue weighted by Crippen LogP contribution is -2.16. The fraction of sp³-hybridized carbons (Fsp3) is 0.316. The van der Waals surface area contributed by atoms with E-state index in [0.717, 1.165) is 41.0 Å². The lowest BCUT2D eigenvalue weighted by Gasteiger charge is -2.12. The van der Waals surface area contributed by atoms with E-state index in [4.69, 9.17) is 4.74 Å². The van der Waals surface area contributed by atoms with Crippen LogP contribution in [0.15, 0.2) is 23.1 Å². The van der Waals surface area contributed by atoms with Crippen molar-refractivity contribution in [1.82, 2.24) is 0 Å². The van der Waals surface area contributed by atoms with E-state index in [1.165, 1.54) is 22.7 Å². The highest BCUT2D eigenvalue weighted by atomic mass is 32.1. The first-order valence-electron chi connectivity index (χ1n) is 8.42. The number of thiophene rings is 2. The maximum absolute atomic E-state index is 12.6. The largest absolute Gasteiger partial charge is 0.462 e. The van der Waals surface area contributed by atoms with Crippen LogP contribution >= 0.6 is 22.7 Å². The summed E-state index contributed by atoms with van der Waals surface area (Å²) in [5.41, 5.74) is 1.44. The third kappa shape index (κ3) is 3.87. The van der Waals surface area contributed by atoms with Crippen molar-refractivity contribution in [2.75, 3.05) is 11.9 Å². The molecule has 0 aliphatic heterocycles. The lowest BCUT2D eigenvalue weighted by molar-refractivity contribution is -0.112. The number of carbonyl (C=O) groups is 2. The average Bonchev–Trinajstić information content (AvgIpc) is 3.26. The SMILES string of the molecule is CCOC(=O)c1c(NC(=O)/C(C#N)=C/c2cccs2)sc2c1CCCC2. The van der Waals surface area contributed by atoms with Crippen LogP contribution in [0.3, 0.4) is 0 Å². The molecule has 7 heteroatoms. The van der Waals surface area contributed by atoms with Crippen LogP contribution in [0.2, 0.25) is 0 Å². The smallest absolute Gasteiger partial charge is 0.341 e. The van der Waals surface area contributed by atoms with Gasteiger partial charge >= 0.3 is 5.97 Å². The van der Waals surface area contributed by atoms with Crippen molar-refractivity contribution in [2.45, 2.75) is 32.6 Å². The Morgan fingerprint density at radius 3 is 2.88 bits per heavy atom. The standard InChI is InChI=1S/C19H18N2O3S2/c1-2-24-19(23)16-14-7-3-4-8-15(14)26-18(16)21-17(22)12(11-20)10-13-6-5-9-25-13/h5-6,9-10H,2-4,7-8H2,1H3,(H,21,22)/b12-10+. The summed E-state index contributed by atoms with van der Waals surface area (Å²) in [5.74, 6) is -0.923. The quantitative estimate of drug-likeness (QED) is 0.469. The first-order chi connectivity index (χ1) is 12.6. The Bertz CT molecular complexity index is 889. The van der Waals surface area contributed by atoms with Crippen molar-refractivity contribution in [2.24, 2.45) is 0 Å². The fourth-order valence-electron chi connectivity index (χ4n) is 2.91. The van der Waals surface area contributed by atoms with Crippen LogP contribution < -0.4 is 5.32 Å². The maximum Gasteiger partial charge on any atom is 0.341 e. The van der Waals surface area contributed by atoms with Crippen LogP contribution in [0.25, 0.3) is 6.08 Å². The monoisotopic (exact) mass is 386 g/mol. The molecule has 2 aromatic heterocycles. The van der Waals surface area contributed by atoms with Gasteiger partial charge in [-0.1, -0.05) is 6.07 Å². The Kier molecular flexibility index (Phi) is 5.86. The number of fused-ring (bicyclic) bond motifs is 1. The number of amides is 1. The normalized spacial score (nSPS) is 13.6. The van der Waals surface area contributed by atoms with Crippen LogP contribution in [-0.4, -0.2) is 18.5 Å². The summed E-state index contributed by atoms with van der Waals surface area (Å²) in [5, 5.41) is 14.5. The number of nitrogens with zero attached hydrogens (tertiary/aromatic N) is 1. The third-order valence-corrected chi connectivity index (χ3v) is 6.10. The zero-order valence-electron chi connectivity index (χ0n) is 14.3. The molecule has 1 aliphatic carbocycles. The van der Waals surface area contributed by atoms with Crippen molar-refractivity contribution >= 4 is 45.6 Å². The van der Waals surface area contributed by atoms with E-state index < -0.39 is 11.9 Å². The zero-order chi connectivity index (χ0) is 18.5. The molecule has 0 fully saturated rings. The minimum Gasteiger partial charge on any atom is -0.462 e. The van der Waals surface area contributed by atoms with E-state index in [9.17, 15) is 14.9 Å². The third-order valence-electron chi connectivity index (χ3n) is 4.07. The molecule has 2 aromatic rings. The van der Waals surface area contributed by atoms with Gasteiger partial charge in [-0.25, -0.2) is 4.79 Å². The van der Waals surface area contributed by atoms with Gasteiger partial charge in [0.1, 0.15) is 16.6 Å². The fourth-order valence-corrected chi connectivity index (χ4v) is 4.84. The molecule has 0 spiro atoms. The molecule has 3 rings (SSSR count). The molecule has 0 radical (unpaired) electrons. The highest BCUT2D eigenvalue weighted by molar-refractivity contribution is 7.17. The van der Waals surface area contributed by atoms with Crippen LogP contribution in [0.5, 0.6) is 0 Å². The van der Waals surface area contributed by atoms with Gasteiger partial charge in [0.05, 0.1) is 12.2 Å². The number of anilines is 1. The predicted molar refractivity (Wildman–Crippen MR) is 103 cm³/mol. The number of nitriles is 1. The Hall–Kier alpha value is -2.43. The second-order valence-corrected chi connectivity index (χ2v) is 7.86. The number of hydrogen-bond acceptors (Lipinski definition) is 6. The van der Waals surface area contributed by atoms with Crippen LogP contribution in [0.4, 0.5) is 5.00 Å². The first-order valence-corrected chi connectivity index (χ1v) is 10.1. The molecule has 0 unspecified atom stereocenters. The molecule has 5 nitrogen and oxygen atoms in total. The van der Waals surface area contributed by atoms with Gasteiger partial charge in [-0.2, -0.15) is 5.26 Å². The van der Waals surface area contributed by atoms with Crippen LogP contribution in [-0.2, 0) is 22.4 Å². The van der Waals surface area contributed by atoms with Gasteiger partial charge in [-0.3, -0.25) is 4.79 Å². The molecule has 134 valence electrons. The predicted octanol–water partition coefficient (Wildman–Crippen LogP) is 4.41. The van der Waals surface area contributed by atoms with Gasteiger partial charge in [-0.15, -0.1) is 22.7 Å². The summed E-state index contributed by atoms with van der Waals surface area (Å²) in [7, 11) is 0. The van der Waals surface area contributed by atoms with Gasteiger partial charge < -0.3 is 10.1 Å². The van der Waals surface area contributed by atoms with Gasteiger partial charge in [0, 0.05) is 9.75 Å². The number of hydrogen-bond donors (Lipinski definition) is 1. The molecule has 0 saturated carbocycles. The summed E-state index contributed by atoms with van der Waals surface area (Å²) in [4.78, 5) is 27.0. The number of esters is 1. The van der Waals surface area contributed by atoms with E-state index in [-0.39, 0.29) is 12.2 Å². The van der Waals surface area contributed by atoms with Gasteiger partial charge in [0.2, 0.25) is 0 Å². The van der Waals surface area contributed by atoms with Crippen molar-refractivity contribution in [3.63, 3.8) is 0 Å². The van der Waals surface area contributed by atoms with E-state index in [2.05, 4.69) is 5.32 Å². The second-order valence-electron chi connectivity index (χ2n) is 5.77. The Morgan fingerprint density at radius 2 is 2.19 bits per heavy atom. The minimum atomic E-state index is -0.509. The molecule has 1 aliphatic rings. The average molecular weight is 386 g/mol.